The summed E-state index contributed by atoms with van der Waals surface area (Å²) in [5.74, 6) is 2.10. The molecule has 0 saturated heterocycles. The molecule has 1 atom stereocenters. The molecule has 0 spiro atoms. The highest BCUT2D eigenvalue weighted by molar-refractivity contribution is 5.26. The van der Waals surface area contributed by atoms with E-state index in [0.717, 1.165) is 17.1 Å². The number of rotatable bonds is 6. The molecular weight excluding hydrogens is 278 g/mol. The summed E-state index contributed by atoms with van der Waals surface area (Å²) in [6.45, 7) is 2.73. The highest BCUT2D eigenvalue weighted by Crippen LogP contribution is 2.23. The third-order valence-corrected chi connectivity index (χ3v) is 3.41. The van der Waals surface area contributed by atoms with Crippen molar-refractivity contribution in [3.63, 3.8) is 0 Å². The summed E-state index contributed by atoms with van der Waals surface area (Å²) in [6, 6.07) is 13.5. The Kier molecular flexibility index (Phi) is 4.25. The Morgan fingerprint density at radius 3 is 2.77 bits per heavy atom. The molecule has 2 heterocycles. The number of hydrogen-bond donors (Lipinski definition) is 1. The Bertz CT molecular complexity index is 718. The van der Waals surface area contributed by atoms with E-state index in [0.29, 0.717) is 12.5 Å². The third kappa shape index (κ3) is 3.56. The minimum atomic E-state index is 0.206. The molecule has 5 nitrogen and oxygen atoms in total. The van der Waals surface area contributed by atoms with Crippen LogP contribution in [0.15, 0.2) is 59.3 Å². The van der Waals surface area contributed by atoms with Gasteiger partial charge in [-0.25, -0.2) is 0 Å². The van der Waals surface area contributed by atoms with Crippen molar-refractivity contribution < 1.29 is 9.15 Å². The molecule has 0 amide bonds. The molecule has 1 aromatic carbocycles. The molecule has 0 fully saturated rings. The fourth-order valence-corrected chi connectivity index (χ4v) is 2.15. The highest BCUT2D eigenvalue weighted by Gasteiger charge is 2.09. The molecule has 0 radical (unpaired) electrons. The van der Waals surface area contributed by atoms with Crippen LogP contribution in [0.3, 0.4) is 0 Å². The van der Waals surface area contributed by atoms with E-state index >= 15 is 0 Å². The molecule has 0 bridgehead atoms. The van der Waals surface area contributed by atoms with Crippen LogP contribution in [0, 0.1) is 0 Å². The number of nitrogens with zero attached hydrogens (tertiary/aromatic N) is 2. The van der Waals surface area contributed by atoms with Gasteiger partial charge in [0.2, 0.25) is 0 Å². The van der Waals surface area contributed by atoms with Gasteiger partial charge in [-0.2, -0.15) is 5.10 Å². The Morgan fingerprint density at radius 1 is 1.23 bits per heavy atom. The molecular formula is C17H19N3O2. The van der Waals surface area contributed by atoms with E-state index < -0.39 is 0 Å². The first kappa shape index (κ1) is 14.4. The molecule has 1 N–H and O–H groups in total. The van der Waals surface area contributed by atoms with Gasteiger partial charge in [-0.15, -0.1) is 0 Å². The van der Waals surface area contributed by atoms with Gasteiger partial charge in [0.1, 0.15) is 11.5 Å². The Balaban J connectivity index is 1.55. The number of benzene rings is 1. The number of furan rings is 1. The van der Waals surface area contributed by atoms with Crippen molar-refractivity contribution in [1.82, 2.24) is 15.1 Å². The van der Waals surface area contributed by atoms with Crippen LogP contribution < -0.4 is 10.1 Å². The van der Waals surface area contributed by atoms with Crippen molar-refractivity contribution in [2.75, 3.05) is 0 Å². The third-order valence-electron chi connectivity index (χ3n) is 3.41. The lowest BCUT2D eigenvalue weighted by atomic mass is 10.2. The Labute approximate surface area is 129 Å². The molecule has 2 aromatic heterocycles. The van der Waals surface area contributed by atoms with Crippen LogP contribution >= 0.6 is 0 Å². The average Bonchev–Trinajstić information content (AvgIpc) is 3.15. The monoisotopic (exact) mass is 297 g/mol. The quantitative estimate of drug-likeness (QED) is 0.754. The van der Waals surface area contributed by atoms with Gasteiger partial charge in [-0.1, -0.05) is 18.2 Å². The lowest BCUT2D eigenvalue weighted by Gasteiger charge is -2.10. The second-order valence-corrected chi connectivity index (χ2v) is 5.19. The SMILES string of the molecule is C[C@@H](NCc1ccc(Oc2ccccc2)o1)c1cnn(C)c1. The molecule has 5 heteroatoms. The van der Waals surface area contributed by atoms with Crippen molar-refractivity contribution in [3.8, 4) is 11.7 Å². The van der Waals surface area contributed by atoms with Crippen LogP contribution in [-0.2, 0) is 13.6 Å². The van der Waals surface area contributed by atoms with Crippen LogP contribution in [0.2, 0.25) is 0 Å². The average molecular weight is 297 g/mol. The standard InChI is InChI=1S/C17H19N3O2/c1-13(14-10-19-20(2)12-14)18-11-16-8-9-17(22-16)21-15-6-4-3-5-7-15/h3-10,12-13,18H,11H2,1-2H3/t13-/m1/s1. The zero-order valence-corrected chi connectivity index (χ0v) is 12.7. The molecule has 3 aromatic rings. The Hall–Kier alpha value is -2.53. The lowest BCUT2D eigenvalue weighted by Crippen LogP contribution is -2.17. The van der Waals surface area contributed by atoms with Gasteiger partial charge in [0.25, 0.3) is 5.95 Å². The minimum Gasteiger partial charge on any atom is -0.429 e. The molecule has 0 aliphatic rings. The predicted molar refractivity (Wildman–Crippen MR) is 83.7 cm³/mol. The fourth-order valence-electron chi connectivity index (χ4n) is 2.15. The number of aromatic nitrogens is 2. The van der Waals surface area contributed by atoms with E-state index in [-0.39, 0.29) is 6.04 Å². The van der Waals surface area contributed by atoms with Gasteiger partial charge in [0.15, 0.2) is 0 Å². The summed E-state index contributed by atoms with van der Waals surface area (Å²) in [5.41, 5.74) is 1.15. The van der Waals surface area contributed by atoms with Crippen LogP contribution in [0.4, 0.5) is 0 Å². The van der Waals surface area contributed by atoms with E-state index in [1.54, 1.807) is 4.68 Å². The van der Waals surface area contributed by atoms with E-state index in [1.165, 1.54) is 0 Å². The fraction of sp³-hybridized carbons (Fsp3) is 0.235. The first-order chi connectivity index (χ1) is 10.7. The van der Waals surface area contributed by atoms with E-state index in [2.05, 4.69) is 17.3 Å². The zero-order valence-electron chi connectivity index (χ0n) is 12.7. The summed E-state index contributed by atoms with van der Waals surface area (Å²) in [7, 11) is 1.91. The summed E-state index contributed by atoms with van der Waals surface area (Å²) in [4.78, 5) is 0. The second-order valence-electron chi connectivity index (χ2n) is 5.19. The summed E-state index contributed by atoms with van der Waals surface area (Å²) in [5, 5.41) is 7.58. The van der Waals surface area contributed by atoms with Crippen molar-refractivity contribution in [1.29, 1.82) is 0 Å². The van der Waals surface area contributed by atoms with Crippen LogP contribution in [0.1, 0.15) is 24.3 Å². The largest absolute Gasteiger partial charge is 0.429 e. The number of ether oxygens (including phenoxy) is 1. The topological polar surface area (TPSA) is 52.2 Å². The number of nitrogens with one attached hydrogen (secondary N) is 1. The smallest absolute Gasteiger partial charge is 0.290 e. The first-order valence-corrected chi connectivity index (χ1v) is 7.24. The van der Waals surface area contributed by atoms with Gasteiger partial charge in [0.05, 0.1) is 12.7 Å². The molecule has 3 rings (SSSR count). The highest BCUT2D eigenvalue weighted by atomic mass is 16.6. The summed E-state index contributed by atoms with van der Waals surface area (Å²) in [6.07, 6.45) is 3.87. The maximum atomic E-state index is 5.67. The number of aryl methyl sites for hydroxylation is 1. The van der Waals surface area contributed by atoms with E-state index in [9.17, 15) is 0 Å². The number of para-hydroxylation sites is 1. The maximum Gasteiger partial charge on any atom is 0.290 e. The summed E-state index contributed by atoms with van der Waals surface area (Å²) < 4.78 is 13.1. The lowest BCUT2D eigenvalue weighted by molar-refractivity contribution is 0.326. The van der Waals surface area contributed by atoms with Crippen molar-refractivity contribution in [3.05, 3.63) is 66.2 Å². The molecule has 114 valence electrons. The minimum absolute atomic E-state index is 0.206. The van der Waals surface area contributed by atoms with Crippen molar-refractivity contribution >= 4 is 0 Å². The van der Waals surface area contributed by atoms with Crippen molar-refractivity contribution in [2.45, 2.75) is 19.5 Å². The van der Waals surface area contributed by atoms with Crippen LogP contribution in [-0.4, -0.2) is 9.78 Å². The van der Waals surface area contributed by atoms with Crippen molar-refractivity contribution in [2.24, 2.45) is 7.05 Å². The zero-order chi connectivity index (χ0) is 15.4. The first-order valence-electron chi connectivity index (χ1n) is 7.24. The Morgan fingerprint density at radius 2 is 2.05 bits per heavy atom. The van der Waals surface area contributed by atoms with Gasteiger partial charge in [-0.05, 0) is 25.1 Å². The molecule has 22 heavy (non-hydrogen) atoms. The van der Waals surface area contributed by atoms with Crippen LogP contribution in [0.25, 0.3) is 0 Å². The predicted octanol–water partition coefficient (Wildman–Crippen LogP) is 3.66. The number of hydrogen-bond acceptors (Lipinski definition) is 4. The summed E-state index contributed by atoms with van der Waals surface area (Å²) >= 11 is 0. The van der Waals surface area contributed by atoms with Gasteiger partial charge < -0.3 is 14.5 Å². The maximum absolute atomic E-state index is 5.67. The molecule has 0 saturated carbocycles. The second kappa shape index (κ2) is 6.49. The molecule has 0 aliphatic heterocycles. The van der Waals surface area contributed by atoms with E-state index in [1.807, 2.05) is 61.9 Å². The molecule has 0 aliphatic carbocycles. The van der Waals surface area contributed by atoms with E-state index in [4.69, 9.17) is 9.15 Å². The molecule has 0 unspecified atom stereocenters. The van der Waals surface area contributed by atoms with Gasteiger partial charge >= 0.3 is 0 Å². The van der Waals surface area contributed by atoms with Crippen LogP contribution in [0.5, 0.6) is 11.7 Å². The normalized spacial score (nSPS) is 12.3. The van der Waals surface area contributed by atoms with Gasteiger partial charge in [0, 0.05) is 30.9 Å². The van der Waals surface area contributed by atoms with Gasteiger partial charge in [-0.3, -0.25) is 4.68 Å².